The van der Waals surface area contributed by atoms with Gasteiger partial charge in [-0.25, -0.2) is 4.39 Å². The number of carbonyl (C=O) groups is 1. The van der Waals surface area contributed by atoms with Gasteiger partial charge in [-0.15, -0.1) is 0 Å². The predicted octanol–water partition coefficient (Wildman–Crippen LogP) is 3.23. The van der Waals surface area contributed by atoms with Crippen LogP contribution in [0.1, 0.15) is 34.8 Å². The van der Waals surface area contributed by atoms with Crippen molar-refractivity contribution in [3.8, 4) is 11.5 Å². The minimum Gasteiger partial charge on any atom is -0.489 e. The zero-order chi connectivity index (χ0) is 21.3. The summed E-state index contributed by atoms with van der Waals surface area (Å²) in [5.41, 5.74) is 7.83. The number of rotatable bonds is 5. The van der Waals surface area contributed by atoms with Crippen LogP contribution in [0.2, 0.25) is 0 Å². The van der Waals surface area contributed by atoms with Gasteiger partial charge in [-0.05, 0) is 37.6 Å². The average Bonchev–Trinajstić information content (AvgIpc) is 2.74. The van der Waals surface area contributed by atoms with Crippen LogP contribution in [0.5, 0.6) is 11.5 Å². The van der Waals surface area contributed by atoms with Crippen molar-refractivity contribution in [2.45, 2.75) is 32.4 Å². The van der Waals surface area contributed by atoms with E-state index in [2.05, 4.69) is 4.90 Å². The Hall–Kier alpha value is -2.64. The van der Waals surface area contributed by atoms with Crippen molar-refractivity contribution < 1.29 is 23.4 Å². The molecule has 0 amide bonds. The molecule has 1 saturated heterocycles. The molecule has 2 aromatic carbocycles. The summed E-state index contributed by atoms with van der Waals surface area (Å²) in [7, 11) is 0. The lowest BCUT2D eigenvalue weighted by molar-refractivity contribution is 0.0186. The first-order chi connectivity index (χ1) is 14.4. The van der Waals surface area contributed by atoms with Gasteiger partial charge in [0.25, 0.3) is 0 Å². The average molecular weight is 414 g/mol. The first kappa shape index (κ1) is 20.6. The van der Waals surface area contributed by atoms with Crippen LogP contribution in [0.3, 0.4) is 0 Å². The van der Waals surface area contributed by atoms with Crippen LogP contribution in [0, 0.1) is 12.7 Å². The Morgan fingerprint density at radius 3 is 2.77 bits per heavy atom. The molecule has 7 heteroatoms. The molecule has 2 heterocycles. The van der Waals surface area contributed by atoms with Crippen LogP contribution < -0.4 is 20.1 Å². The molecule has 2 aliphatic rings. The van der Waals surface area contributed by atoms with E-state index in [-0.39, 0.29) is 31.2 Å². The number of morpholine rings is 1. The zero-order valence-electron chi connectivity index (χ0n) is 17.4. The molecule has 0 aliphatic carbocycles. The monoisotopic (exact) mass is 414 g/mol. The third kappa shape index (κ3) is 4.00. The molecule has 2 aromatic rings. The van der Waals surface area contributed by atoms with E-state index in [9.17, 15) is 9.18 Å². The van der Waals surface area contributed by atoms with E-state index in [1.165, 1.54) is 6.07 Å². The van der Waals surface area contributed by atoms with Gasteiger partial charge in [0.15, 0.2) is 5.78 Å². The van der Waals surface area contributed by atoms with Gasteiger partial charge in [0.2, 0.25) is 0 Å². The van der Waals surface area contributed by atoms with Gasteiger partial charge in [0.05, 0.1) is 25.2 Å². The molecule has 4 rings (SSSR count). The molecular formula is C23H27FN2O4. The number of ether oxygens (including phenoxy) is 3. The summed E-state index contributed by atoms with van der Waals surface area (Å²) >= 11 is 0. The Balaban J connectivity index is 1.60. The summed E-state index contributed by atoms with van der Waals surface area (Å²) in [6, 6.07) is 8.58. The van der Waals surface area contributed by atoms with E-state index in [0.717, 1.165) is 24.3 Å². The highest BCUT2D eigenvalue weighted by molar-refractivity contribution is 6.02. The van der Waals surface area contributed by atoms with Crippen LogP contribution in [-0.2, 0) is 11.3 Å². The fourth-order valence-electron chi connectivity index (χ4n) is 4.00. The Bertz CT molecular complexity index is 958. The Morgan fingerprint density at radius 2 is 2.03 bits per heavy atom. The summed E-state index contributed by atoms with van der Waals surface area (Å²) in [4.78, 5) is 15.2. The molecular weight excluding hydrogens is 387 g/mol. The van der Waals surface area contributed by atoms with Crippen molar-refractivity contribution in [2.24, 2.45) is 5.73 Å². The van der Waals surface area contributed by atoms with Crippen LogP contribution in [0.4, 0.5) is 10.1 Å². The lowest BCUT2D eigenvalue weighted by Crippen LogP contribution is -2.45. The van der Waals surface area contributed by atoms with Crippen molar-refractivity contribution in [3.63, 3.8) is 0 Å². The highest BCUT2D eigenvalue weighted by Gasteiger charge is 2.39. The minimum atomic E-state index is -0.863. The van der Waals surface area contributed by atoms with Crippen LogP contribution in [0.15, 0.2) is 30.3 Å². The molecule has 0 radical (unpaired) electrons. The summed E-state index contributed by atoms with van der Waals surface area (Å²) in [5, 5.41) is 0. The molecule has 0 saturated carbocycles. The van der Waals surface area contributed by atoms with Gasteiger partial charge in [0.1, 0.15) is 29.5 Å². The standard InChI is InChI=1S/C23H27FN2O4/c1-15-18(24)4-3-5-20(15)29-14-23(2)12-19(27)22-16(13-25)10-17(11-21(22)30-23)26-6-8-28-9-7-26/h3-5,10-11H,6-9,12-14,25H2,1-2H3. The second-order valence-corrected chi connectivity index (χ2v) is 8.09. The number of benzene rings is 2. The van der Waals surface area contributed by atoms with E-state index >= 15 is 0 Å². The lowest BCUT2D eigenvalue weighted by Gasteiger charge is -2.37. The van der Waals surface area contributed by atoms with Crippen LogP contribution >= 0.6 is 0 Å². The number of anilines is 1. The highest BCUT2D eigenvalue weighted by atomic mass is 19.1. The summed E-state index contributed by atoms with van der Waals surface area (Å²) in [5.74, 6) is 0.624. The SMILES string of the molecule is Cc1c(F)cccc1OCC1(C)CC(=O)c2c(CN)cc(N3CCOCC3)cc2O1. The van der Waals surface area contributed by atoms with Gasteiger partial charge in [0, 0.05) is 37.0 Å². The number of carbonyl (C=O) groups excluding carboxylic acids is 1. The molecule has 1 unspecified atom stereocenters. The second-order valence-electron chi connectivity index (χ2n) is 8.09. The normalized spacial score (nSPS) is 21.2. The molecule has 160 valence electrons. The maximum Gasteiger partial charge on any atom is 0.171 e. The fraction of sp³-hybridized carbons (Fsp3) is 0.435. The minimum absolute atomic E-state index is 0.0210. The molecule has 2 N–H and O–H groups in total. The molecule has 1 atom stereocenters. The number of halogens is 1. The van der Waals surface area contributed by atoms with Crippen LogP contribution in [0.25, 0.3) is 0 Å². The van der Waals surface area contributed by atoms with Crippen molar-refractivity contribution in [1.29, 1.82) is 0 Å². The third-order valence-electron chi connectivity index (χ3n) is 5.69. The molecule has 0 aromatic heterocycles. The van der Waals surface area contributed by atoms with Gasteiger partial charge < -0.3 is 24.8 Å². The zero-order valence-corrected chi connectivity index (χ0v) is 17.4. The number of nitrogens with zero attached hydrogens (tertiary/aromatic N) is 1. The largest absolute Gasteiger partial charge is 0.489 e. The number of ketones is 1. The van der Waals surface area contributed by atoms with E-state index in [4.69, 9.17) is 19.9 Å². The van der Waals surface area contributed by atoms with Crippen molar-refractivity contribution >= 4 is 11.5 Å². The van der Waals surface area contributed by atoms with E-state index < -0.39 is 5.60 Å². The van der Waals surface area contributed by atoms with Gasteiger partial charge >= 0.3 is 0 Å². The fourth-order valence-corrected chi connectivity index (χ4v) is 4.00. The lowest BCUT2D eigenvalue weighted by atomic mass is 9.89. The van der Waals surface area contributed by atoms with Crippen molar-refractivity contribution in [2.75, 3.05) is 37.8 Å². The number of hydrogen-bond donors (Lipinski definition) is 1. The Kier molecular flexibility index (Phi) is 5.66. The topological polar surface area (TPSA) is 74.0 Å². The van der Waals surface area contributed by atoms with E-state index in [0.29, 0.717) is 35.8 Å². The molecule has 0 spiro atoms. The van der Waals surface area contributed by atoms with E-state index in [1.807, 2.05) is 19.1 Å². The van der Waals surface area contributed by atoms with Crippen molar-refractivity contribution in [3.05, 3.63) is 52.8 Å². The summed E-state index contributed by atoms with van der Waals surface area (Å²) in [6.07, 6.45) is 0.165. The molecule has 30 heavy (non-hydrogen) atoms. The first-order valence-corrected chi connectivity index (χ1v) is 10.2. The number of nitrogens with two attached hydrogens (primary N) is 1. The van der Waals surface area contributed by atoms with E-state index in [1.54, 1.807) is 19.1 Å². The molecule has 0 bridgehead atoms. The summed E-state index contributed by atoms with van der Waals surface area (Å²) in [6.45, 7) is 6.75. The number of fused-ring (bicyclic) bond motifs is 1. The van der Waals surface area contributed by atoms with Gasteiger partial charge in [-0.1, -0.05) is 6.07 Å². The number of hydrogen-bond acceptors (Lipinski definition) is 6. The first-order valence-electron chi connectivity index (χ1n) is 10.2. The van der Waals surface area contributed by atoms with Gasteiger partial charge in [-0.2, -0.15) is 0 Å². The third-order valence-corrected chi connectivity index (χ3v) is 5.69. The molecule has 6 nitrogen and oxygen atoms in total. The molecule has 2 aliphatic heterocycles. The smallest absolute Gasteiger partial charge is 0.171 e. The highest BCUT2D eigenvalue weighted by Crippen LogP contribution is 2.39. The van der Waals surface area contributed by atoms with Crippen LogP contribution in [-0.4, -0.2) is 44.3 Å². The predicted molar refractivity (Wildman–Crippen MR) is 112 cm³/mol. The summed E-state index contributed by atoms with van der Waals surface area (Å²) < 4.78 is 31.4. The number of Topliss-reactive ketones (excluding diaryl/α,β-unsaturated/α-hetero) is 1. The maximum absolute atomic E-state index is 13.8. The Labute approximate surface area is 175 Å². The van der Waals surface area contributed by atoms with Crippen molar-refractivity contribution in [1.82, 2.24) is 0 Å². The second kappa shape index (κ2) is 8.24. The Morgan fingerprint density at radius 1 is 1.27 bits per heavy atom. The molecule has 1 fully saturated rings. The van der Waals surface area contributed by atoms with Gasteiger partial charge in [-0.3, -0.25) is 4.79 Å². The maximum atomic E-state index is 13.8. The quantitative estimate of drug-likeness (QED) is 0.810.